The first-order valence-electron chi connectivity index (χ1n) is 5.49. The third-order valence-corrected chi connectivity index (χ3v) is 2.68. The Morgan fingerprint density at radius 3 is 2.69 bits per heavy atom. The van der Waals surface area contributed by atoms with Gasteiger partial charge in [-0.1, -0.05) is 13.3 Å². The van der Waals surface area contributed by atoms with Gasteiger partial charge < -0.3 is 20.8 Å². The molecule has 0 saturated heterocycles. The summed E-state index contributed by atoms with van der Waals surface area (Å²) in [6.07, 6.45) is 3.12. The zero-order valence-electron chi connectivity index (χ0n) is 9.27. The molecule has 6 heteroatoms. The first-order chi connectivity index (χ1) is 7.58. The number of aliphatic hydroxyl groups is 1. The summed E-state index contributed by atoms with van der Waals surface area (Å²) < 4.78 is 0. The van der Waals surface area contributed by atoms with Gasteiger partial charge in [-0.3, -0.25) is 0 Å². The largest absolute Gasteiger partial charge is 0.480 e. The fourth-order valence-corrected chi connectivity index (χ4v) is 1.67. The summed E-state index contributed by atoms with van der Waals surface area (Å²) in [6.45, 7) is 1.48. The number of aliphatic hydroxyl groups excluding tert-OH is 1. The van der Waals surface area contributed by atoms with E-state index in [1.165, 1.54) is 0 Å². The second-order valence-corrected chi connectivity index (χ2v) is 4.08. The van der Waals surface area contributed by atoms with E-state index in [9.17, 15) is 9.59 Å². The fraction of sp³-hybridized carbons (Fsp3) is 0.800. The number of aliphatic carboxylic acids is 1. The van der Waals surface area contributed by atoms with Crippen molar-refractivity contribution in [3.63, 3.8) is 0 Å². The molecule has 6 nitrogen and oxygen atoms in total. The monoisotopic (exact) mass is 230 g/mol. The van der Waals surface area contributed by atoms with Gasteiger partial charge in [0.1, 0.15) is 0 Å². The van der Waals surface area contributed by atoms with Crippen LogP contribution in [-0.2, 0) is 4.79 Å². The quantitative estimate of drug-likeness (QED) is 0.513. The topological polar surface area (TPSA) is 98.7 Å². The van der Waals surface area contributed by atoms with Gasteiger partial charge in [-0.2, -0.15) is 0 Å². The Balaban J connectivity index is 2.24. The lowest BCUT2D eigenvalue weighted by molar-refractivity contribution is -0.140. The van der Waals surface area contributed by atoms with Crippen molar-refractivity contribution < 1.29 is 19.8 Å². The van der Waals surface area contributed by atoms with Crippen molar-refractivity contribution in [2.45, 2.75) is 38.3 Å². The van der Waals surface area contributed by atoms with Crippen LogP contribution in [0.1, 0.15) is 26.2 Å². The average Bonchev–Trinajstić information content (AvgIpc) is 2.93. The van der Waals surface area contributed by atoms with E-state index >= 15 is 0 Å². The molecule has 0 aromatic rings. The molecule has 0 spiro atoms. The molecule has 0 bridgehead atoms. The smallest absolute Gasteiger partial charge is 0.328 e. The van der Waals surface area contributed by atoms with Crippen LogP contribution in [0.15, 0.2) is 0 Å². The Labute approximate surface area is 94.0 Å². The van der Waals surface area contributed by atoms with Crippen LogP contribution in [0.5, 0.6) is 0 Å². The standard InChI is InChI=1S/C10H18N2O4/c1-2-3-6-4-7(6)11-10(16)12-8(5-13)9(14)15/h6-8,13H,2-5H2,1H3,(H,14,15)(H2,11,12,16)/t6?,7?,8-/m1/s1. The number of carbonyl (C=O) groups is 2. The Morgan fingerprint density at radius 2 is 2.19 bits per heavy atom. The van der Waals surface area contributed by atoms with Crippen molar-refractivity contribution >= 4 is 12.0 Å². The van der Waals surface area contributed by atoms with Crippen molar-refractivity contribution in [1.29, 1.82) is 0 Å². The molecule has 0 heterocycles. The maximum absolute atomic E-state index is 11.3. The van der Waals surface area contributed by atoms with E-state index in [2.05, 4.69) is 17.6 Å². The van der Waals surface area contributed by atoms with Crippen molar-refractivity contribution in [3.05, 3.63) is 0 Å². The van der Waals surface area contributed by atoms with E-state index in [4.69, 9.17) is 10.2 Å². The predicted octanol–water partition coefficient (Wildman–Crippen LogP) is -0.0803. The zero-order valence-corrected chi connectivity index (χ0v) is 9.27. The minimum absolute atomic E-state index is 0.160. The van der Waals surface area contributed by atoms with Gasteiger partial charge in [-0.05, 0) is 18.8 Å². The number of carboxylic acids is 1. The Morgan fingerprint density at radius 1 is 1.50 bits per heavy atom. The van der Waals surface area contributed by atoms with Gasteiger partial charge in [-0.15, -0.1) is 0 Å². The summed E-state index contributed by atoms with van der Waals surface area (Å²) in [5.74, 6) is -0.716. The van der Waals surface area contributed by atoms with Crippen LogP contribution in [0.4, 0.5) is 4.79 Å². The minimum atomic E-state index is -1.24. The molecule has 92 valence electrons. The average molecular weight is 230 g/mol. The second-order valence-electron chi connectivity index (χ2n) is 4.08. The number of hydrogen-bond acceptors (Lipinski definition) is 3. The molecule has 0 aromatic heterocycles. The summed E-state index contributed by atoms with van der Waals surface area (Å²) in [7, 11) is 0. The molecule has 4 N–H and O–H groups in total. The van der Waals surface area contributed by atoms with Crippen LogP contribution < -0.4 is 10.6 Å². The molecule has 1 aliphatic carbocycles. The van der Waals surface area contributed by atoms with E-state index in [0.717, 1.165) is 19.3 Å². The summed E-state index contributed by atoms with van der Waals surface area (Å²) in [5.41, 5.74) is 0. The van der Waals surface area contributed by atoms with E-state index in [1.807, 2.05) is 0 Å². The van der Waals surface area contributed by atoms with E-state index in [1.54, 1.807) is 0 Å². The number of urea groups is 1. The first-order valence-corrected chi connectivity index (χ1v) is 5.49. The second kappa shape index (κ2) is 5.69. The lowest BCUT2D eigenvalue weighted by Crippen LogP contribution is -2.48. The molecule has 1 saturated carbocycles. The van der Waals surface area contributed by atoms with Crippen LogP contribution in [0.2, 0.25) is 0 Å². The van der Waals surface area contributed by atoms with Gasteiger partial charge in [0, 0.05) is 6.04 Å². The number of carboxylic acid groups (broad SMARTS) is 1. The molecule has 2 unspecified atom stereocenters. The van der Waals surface area contributed by atoms with E-state index in [-0.39, 0.29) is 6.04 Å². The highest BCUT2D eigenvalue weighted by atomic mass is 16.4. The van der Waals surface area contributed by atoms with E-state index in [0.29, 0.717) is 5.92 Å². The molecule has 1 aliphatic rings. The third-order valence-electron chi connectivity index (χ3n) is 2.68. The summed E-state index contributed by atoms with van der Waals surface area (Å²) in [6, 6.07) is -1.60. The van der Waals surface area contributed by atoms with Crippen LogP contribution in [0.3, 0.4) is 0 Å². The van der Waals surface area contributed by atoms with Crippen molar-refractivity contribution in [1.82, 2.24) is 10.6 Å². The number of carbonyl (C=O) groups excluding carboxylic acids is 1. The van der Waals surface area contributed by atoms with Gasteiger partial charge in [-0.25, -0.2) is 9.59 Å². The lowest BCUT2D eigenvalue weighted by Gasteiger charge is -2.12. The molecule has 1 rings (SSSR count). The van der Waals surface area contributed by atoms with Gasteiger partial charge in [0.05, 0.1) is 6.61 Å². The third kappa shape index (κ3) is 3.69. The summed E-state index contributed by atoms with van der Waals surface area (Å²) >= 11 is 0. The zero-order chi connectivity index (χ0) is 12.1. The number of rotatable bonds is 6. The lowest BCUT2D eigenvalue weighted by atomic mass is 10.2. The Hall–Kier alpha value is -1.30. The molecule has 1 fully saturated rings. The molecular formula is C10H18N2O4. The highest BCUT2D eigenvalue weighted by Crippen LogP contribution is 2.34. The molecule has 16 heavy (non-hydrogen) atoms. The van der Waals surface area contributed by atoms with Crippen LogP contribution in [0.25, 0.3) is 0 Å². The van der Waals surface area contributed by atoms with Gasteiger partial charge in [0.2, 0.25) is 0 Å². The maximum Gasteiger partial charge on any atom is 0.328 e. The number of nitrogens with one attached hydrogen (secondary N) is 2. The van der Waals surface area contributed by atoms with Crippen LogP contribution in [0, 0.1) is 5.92 Å². The molecule has 0 aromatic carbocycles. The van der Waals surface area contributed by atoms with Crippen LogP contribution in [-0.4, -0.2) is 40.9 Å². The highest BCUT2D eigenvalue weighted by Gasteiger charge is 2.37. The molecule has 3 atom stereocenters. The normalized spacial score (nSPS) is 24.6. The maximum atomic E-state index is 11.3. The SMILES string of the molecule is CCCC1CC1NC(=O)N[C@H](CO)C(=O)O. The van der Waals surface area contributed by atoms with Crippen molar-refractivity contribution in [2.24, 2.45) is 5.92 Å². The predicted molar refractivity (Wildman–Crippen MR) is 57.0 cm³/mol. The van der Waals surface area contributed by atoms with Gasteiger partial charge in [0.25, 0.3) is 0 Å². The number of hydrogen-bond donors (Lipinski definition) is 4. The summed E-state index contributed by atoms with van der Waals surface area (Å²) in [4.78, 5) is 21.9. The summed E-state index contributed by atoms with van der Waals surface area (Å²) in [5, 5.41) is 22.2. The fourth-order valence-electron chi connectivity index (χ4n) is 1.67. The Bertz CT molecular complexity index is 270. The Kier molecular flexibility index (Phi) is 4.54. The minimum Gasteiger partial charge on any atom is -0.480 e. The van der Waals surface area contributed by atoms with Crippen molar-refractivity contribution in [2.75, 3.05) is 6.61 Å². The van der Waals surface area contributed by atoms with Gasteiger partial charge >= 0.3 is 12.0 Å². The van der Waals surface area contributed by atoms with Crippen molar-refractivity contribution in [3.8, 4) is 0 Å². The van der Waals surface area contributed by atoms with Crippen LogP contribution >= 0.6 is 0 Å². The van der Waals surface area contributed by atoms with E-state index < -0.39 is 24.6 Å². The van der Waals surface area contributed by atoms with Gasteiger partial charge in [0.15, 0.2) is 6.04 Å². The highest BCUT2D eigenvalue weighted by molar-refractivity contribution is 5.82. The molecule has 0 radical (unpaired) electrons. The number of amides is 2. The molecule has 2 amide bonds. The molecular weight excluding hydrogens is 212 g/mol. The first kappa shape index (κ1) is 12.8. The molecule has 0 aliphatic heterocycles.